The molecule has 0 unspecified atom stereocenters. The van der Waals surface area contributed by atoms with Crippen molar-refractivity contribution in [2.75, 3.05) is 52.9 Å². The molecule has 0 aromatic heterocycles. The number of ether oxygens (including phenoxy) is 12. The molecule has 4 aliphatic rings. The zero-order valence-electron chi connectivity index (χ0n) is 60.0. The Bertz CT molecular complexity index is 4780. The molecule has 4 fully saturated rings. The van der Waals surface area contributed by atoms with Crippen molar-refractivity contribution in [1.29, 1.82) is 0 Å². The van der Waals surface area contributed by atoms with Gasteiger partial charge in [-0.25, -0.2) is 38.4 Å². The maximum absolute atomic E-state index is 13.2. The summed E-state index contributed by atoms with van der Waals surface area (Å²) >= 11 is 0. The van der Waals surface area contributed by atoms with Gasteiger partial charge in [0, 0.05) is 24.3 Å². The quantitative estimate of drug-likeness (QED) is 0.0229. The minimum atomic E-state index is -0.712. The summed E-state index contributed by atoms with van der Waals surface area (Å²) < 4.78 is 66.0. The van der Waals surface area contributed by atoms with Crippen molar-refractivity contribution >= 4 is 117 Å². The lowest BCUT2D eigenvalue weighted by atomic mass is 10.0. The van der Waals surface area contributed by atoms with E-state index in [-0.39, 0.29) is 64.4 Å². The van der Waals surface area contributed by atoms with Crippen LogP contribution in [0.25, 0.3) is 68.1 Å². The summed E-state index contributed by atoms with van der Waals surface area (Å²) in [5, 5.41) is 3.18. The van der Waals surface area contributed by atoms with E-state index in [1.807, 2.05) is 60.7 Å². The Hall–Kier alpha value is -13.5. The van der Waals surface area contributed by atoms with Gasteiger partial charge in [0.25, 0.3) is 0 Å². The Labute approximate surface area is 641 Å². The standard InChI is InChI=1S/C46H38O12.C42H34O12/c1-3-37(47)25-53-41(49)23-9-29-5-11-31(12-6-29)33-15-19-35(20-16-33)45(51)57-39-27-55-44-40(28-56-43(39)44)58-46(52)36-21-17-34(18-22-36)32-13-7-30(8-14-32)10-24-42(50)54-26-38(48)4-2;1-3-33(43)21-49-37(45)15-7-25-5-9-29-19-31(13-11-27(29)17-25)41(47)53-35-23-51-40-36(24-52-39(35)40)54-42(48)32-14-12-28-18-26(6-10-30(28)20-32)8-16-38(46)50-22-34(44)4-2/h3-24,39-40,43-44H,1-2,25-28H2;3-20,35-36,39-40H,1-2,21-24H2/b23-9+,24-10+;15-7+,16-8+/t39-,40+,43-,44-;35-,36+,39-,40-/m11/s1. The highest BCUT2D eigenvalue weighted by Gasteiger charge is 2.52. The normalized spacial score (nSPS) is 18.6. The highest BCUT2D eigenvalue weighted by atomic mass is 16.7. The van der Waals surface area contributed by atoms with Crippen LogP contribution in [-0.4, -0.2) is 173 Å². The third kappa shape index (κ3) is 21.5. The first-order chi connectivity index (χ1) is 54.2. The average Bonchev–Trinajstić information content (AvgIpc) is 1.63. The van der Waals surface area contributed by atoms with Crippen molar-refractivity contribution in [3.63, 3.8) is 0 Å². The van der Waals surface area contributed by atoms with Gasteiger partial charge in [0.05, 0.1) is 48.7 Å². The fraction of sp³-hybridized carbons (Fsp3) is 0.182. The second kappa shape index (κ2) is 38.0. The summed E-state index contributed by atoms with van der Waals surface area (Å²) in [4.78, 5) is 145. The number of rotatable bonds is 30. The summed E-state index contributed by atoms with van der Waals surface area (Å²) in [6.07, 6.45) is 10.3. The van der Waals surface area contributed by atoms with Gasteiger partial charge in [0.2, 0.25) is 0 Å². The Morgan fingerprint density at radius 3 is 0.786 bits per heavy atom. The van der Waals surface area contributed by atoms with Crippen LogP contribution in [0, 0.1) is 0 Å². The molecule has 0 aliphatic carbocycles. The molecule has 8 atom stereocenters. The molecule has 4 aliphatic heterocycles. The van der Waals surface area contributed by atoms with Crippen LogP contribution in [0.5, 0.6) is 0 Å². The molecular formula is C88H72O24. The molecule has 4 saturated heterocycles. The molecule has 24 heteroatoms. The van der Waals surface area contributed by atoms with E-state index in [1.54, 1.807) is 133 Å². The van der Waals surface area contributed by atoms with Crippen molar-refractivity contribution in [1.82, 2.24) is 0 Å². The first-order valence-corrected chi connectivity index (χ1v) is 35.0. The Balaban J connectivity index is 0.000000222. The average molecular weight is 1510 g/mol. The van der Waals surface area contributed by atoms with Crippen molar-refractivity contribution in [2.24, 2.45) is 0 Å². The molecule has 0 saturated carbocycles. The van der Waals surface area contributed by atoms with Crippen LogP contribution in [-0.2, 0) is 95.2 Å². The number of benzene rings is 8. The Morgan fingerprint density at radius 2 is 0.509 bits per heavy atom. The number of carbonyl (C=O) groups is 12. The second-order valence-electron chi connectivity index (χ2n) is 25.5. The smallest absolute Gasteiger partial charge is 0.338 e. The van der Waals surface area contributed by atoms with E-state index in [2.05, 4.69) is 26.3 Å². The van der Waals surface area contributed by atoms with Gasteiger partial charge in [0.15, 0.2) is 74.0 Å². The van der Waals surface area contributed by atoms with Crippen molar-refractivity contribution in [3.05, 3.63) is 289 Å². The van der Waals surface area contributed by atoms with Gasteiger partial charge >= 0.3 is 47.8 Å². The molecule has 568 valence electrons. The van der Waals surface area contributed by atoms with Crippen LogP contribution in [0.15, 0.2) is 245 Å². The molecule has 0 radical (unpaired) electrons. The van der Waals surface area contributed by atoms with E-state index in [0.29, 0.717) is 33.4 Å². The van der Waals surface area contributed by atoms with Gasteiger partial charge in [-0.05, 0) is 175 Å². The van der Waals surface area contributed by atoms with Crippen LogP contribution in [0.3, 0.4) is 0 Å². The largest absolute Gasteiger partial charge is 0.454 e. The topological polar surface area (TPSA) is 316 Å². The SMILES string of the molecule is C=CC(=O)COC(=O)/C=C/c1ccc(-c2ccc(C(=O)O[C@H]3CO[C@H]4[C@@H]3OC[C@H]4OC(=O)c3ccc(-c4ccc(/C=C/C(=O)OCC(=O)C=C)cc4)cc3)cc2)cc1.C=CC(=O)COC(=O)/C=C/c1ccc2cc(C(=O)O[C@H]3CO[C@H]4[C@@H]3OC[C@H]4OC(=O)c3ccc4cc(/C=C/C(=O)OCC(=O)C=C)ccc4c3)ccc2c1. The molecule has 12 rings (SSSR count). The minimum absolute atomic E-state index is 0.0695. The van der Waals surface area contributed by atoms with Crippen molar-refractivity contribution in [3.8, 4) is 22.3 Å². The zero-order valence-corrected chi connectivity index (χ0v) is 60.0. The fourth-order valence-corrected chi connectivity index (χ4v) is 11.9. The number of fused-ring (bicyclic) bond motifs is 4. The summed E-state index contributed by atoms with van der Waals surface area (Å²) in [6, 6.07) is 49.6. The Kier molecular flexibility index (Phi) is 27.0. The number of hydrogen-bond acceptors (Lipinski definition) is 24. The summed E-state index contributed by atoms with van der Waals surface area (Å²) in [5.74, 6) is -6.38. The van der Waals surface area contributed by atoms with Gasteiger partial charge in [-0.1, -0.05) is 136 Å². The zero-order chi connectivity index (χ0) is 79.2. The van der Waals surface area contributed by atoms with E-state index in [1.165, 1.54) is 24.3 Å². The summed E-state index contributed by atoms with van der Waals surface area (Å²) in [6.45, 7) is 12.2. The molecule has 8 aromatic carbocycles. The molecular weight excluding hydrogens is 1440 g/mol. The van der Waals surface area contributed by atoms with Crippen LogP contribution < -0.4 is 0 Å². The molecule has 8 aromatic rings. The van der Waals surface area contributed by atoms with Gasteiger partial charge < -0.3 is 56.8 Å². The van der Waals surface area contributed by atoms with Crippen LogP contribution in [0.4, 0.5) is 0 Å². The van der Waals surface area contributed by atoms with Crippen LogP contribution in [0.1, 0.15) is 63.7 Å². The second-order valence-corrected chi connectivity index (χ2v) is 25.5. The lowest BCUT2D eigenvalue weighted by Crippen LogP contribution is -2.36. The predicted molar refractivity (Wildman–Crippen MR) is 408 cm³/mol. The van der Waals surface area contributed by atoms with Gasteiger partial charge in [-0.3, -0.25) is 19.2 Å². The third-order valence-electron chi connectivity index (χ3n) is 17.9. The monoisotopic (exact) mass is 1510 g/mol. The number of esters is 8. The fourth-order valence-electron chi connectivity index (χ4n) is 11.9. The van der Waals surface area contributed by atoms with Crippen LogP contribution >= 0.6 is 0 Å². The van der Waals surface area contributed by atoms with E-state index in [0.717, 1.165) is 79.2 Å². The first kappa shape index (κ1) is 79.5. The van der Waals surface area contributed by atoms with Crippen LogP contribution in [0.2, 0.25) is 0 Å². The molecule has 0 N–H and O–H groups in total. The lowest BCUT2D eigenvalue weighted by Gasteiger charge is -2.17. The highest BCUT2D eigenvalue weighted by molar-refractivity contribution is 6.00. The molecule has 0 amide bonds. The lowest BCUT2D eigenvalue weighted by molar-refractivity contribution is -0.142. The Morgan fingerprint density at radius 1 is 0.286 bits per heavy atom. The van der Waals surface area contributed by atoms with Gasteiger partial charge in [-0.15, -0.1) is 0 Å². The predicted octanol–water partition coefficient (Wildman–Crippen LogP) is 11.4. The van der Waals surface area contributed by atoms with E-state index in [4.69, 9.17) is 56.8 Å². The molecule has 24 nitrogen and oxygen atoms in total. The van der Waals surface area contributed by atoms with Crippen molar-refractivity contribution < 1.29 is 114 Å². The van der Waals surface area contributed by atoms with Crippen molar-refractivity contribution in [2.45, 2.75) is 48.8 Å². The third-order valence-corrected chi connectivity index (χ3v) is 17.9. The highest BCUT2D eigenvalue weighted by Crippen LogP contribution is 2.35. The van der Waals surface area contributed by atoms with E-state index in [9.17, 15) is 57.5 Å². The maximum atomic E-state index is 13.2. The molecule has 0 spiro atoms. The molecule has 112 heavy (non-hydrogen) atoms. The van der Waals surface area contributed by atoms with E-state index < -0.39 is 108 Å². The maximum Gasteiger partial charge on any atom is 0.338 e. The van der Waals surface area contributed by atoms with E-state index >= 15 is 0 Å². The first-order valence-electron chi connectivity index (χ1n) is 35.0. The van der Waals surface area contributed by atoms with Gasteiger partial charge in [-0.2, -0.15) is 0 Å². The number of ketones is 4. The summed E-state index contributed by atoms with van der Waals surface area (Å²) in [7, 11) is 0. The number of hydrogen-bond donors (Lipinski definition) is 0. The van der Waals surface area contributed by atoms with Gasteiger partial charge in [0.1, 0.15) is 24.4 Å². The summed E-state index contributed by atoms with van der Waals surface area (Å²) in [5.41, 5.74) is 7.76. The number of carbonyl (C=O) groups excluding carboxylic acids is 12. The minimum Gasteiger partial charge on any atom is -0.454 e. The molecule has 4 heterocycles. The molecule has 0 bridgehead atoms.